The second kappa shape index (κ2) is 5.20. The van der Waals surface area contributed by atoms with E-state index in [1.54, 1.807) is 9.80 Å². The molecule has 0 aromatic heterocycles. The van der Waals surface area contributed by atoms with Crippen LogP contribution >= 0.6 is 15.9 Å². The molecule has 2 fully saturated rings. The summed E-state index contributed by atoms with van der Waals surface area (Å²) in [7, 11) is 0. The first-order chi connectivity index (χ1) is 9.58. The van der Waals surface area contributed by atoms with Crippen LogP contribution in [-0.2, 0) is 9.59 Å². The summed E-state index contributed by atoms with van der Waals surface area (Å²) in [5.41, 5.74) is 1.98. The van der Waals surface area contributed by atoms with Gasteiger partial charge in [0.15, 0.2) is 0 Å². The third kappa shape index (κ3) is 2.24. The van der Waals surface area contributed by atoms with Gasteiger partial charge in [-0.1, -0.05) is 15.9 Å². The van der Waals surface area contributed by atoms with Crippen molar-refractivity contribution < 1.29 is 9.59 Å². The number of carbonyl (C=O) groups excluding carboxylic acids is 2. The number of nitrogens with zero attached hydrogens (tertiary/aromatic N) is 2. The van der Waals surface area contributed by atoms with E-state index in [0.717, 1.165) is 35.1 Å². The van der Waals surface area contributed by atoms with Crippen molar-refractivity contribution >= 4 is 33.4 Å². The summed E-state index contributed by atoms with van der Waals surface area (Å²) in [6.45, 7) is 3.21. The number of rotatable bonds is 1. The van der Waals surface area contributed by atoms with E-state index in [2.05, 4.69) is 15.9 Å². The topological polar surface area (TPSA) is 40.6 Å². The normalized spacial score (nSPS) is 23.0. The predicted molar refractivity (Wildman–Crippen MR) is 80.6 cm³/mol. The van der Waals surface area contributed by atoms with Gasteiger partial charge in [0.2, 0.25) is 11.8 Å². The Morgan fingerprint density at radius 2 is 2.05 bits per heavy atom. The van der Waals surface area contributed by atoms with Crippen LogP contribution < -0.4 is 4.90 Å². The molecule has 0 N–H and O–H groups in total. The lowest BCUT2D eigenvalue weighted by Crippen LogP contribution is -2.43. The fourth-order valence-corrected chi connectivity index (χ4v) is 3.26. The third-order valence-corrected chi connectivity index (χ3v) is 5.02. The van der Waals surface area contributed by atoms with Crippen molar-refractivity contribution in [3.05, 3.63) is 28.2 Å². The summed E-state index contributed by atoms with van der Waals surface area (Å²) >= 11 is 3.47. The van der Waals surface area contributed by atoms with Gasteiger partial charge in [0.05, 0.1) is 0 Å². The van der Waals surface area contributed by atoms with Crippen LogP contribution in [0.15, 0.2) is 22.7 Å². The Hall–Kier alpha value is -1.36. The van der Waals surface area contributed by atoms with E-state index in [9.17, 15) is 9.59 Å². The van der Waals surface area contributed by atoms with Gasteiger partial charge >= 0.3 is 0 Å². The zero-order chi connectivity index (χ0) is 14.3. The Balaban J connectivity index is 1.94. The van der Waals surface area contributed by atoms with Gasteiger partial charge < -0.3 is 9.80 Å². The van der Waals surface area contributed by atoms with Crippen molar-refractivity contribution in [2.24, 2.45) is 0 Å². The van der Waals surface area contributed by atoms with E-state index < -0.39 is 0 Å². The summed E-state index contributed by atoms with van der Waals surface area (Å²) < 4.78 is 1.03. The third-order valence-electron chi connectivity index (χ3n) is 4.13. The fourth-order valence-electron chi connectivity index (χ4n) is 3.02. The number of carbonyl (C=O) groups is 2. The summed E-state index contributed by atoms with van der Waals surface area (Å²) in [5.74, 6) is 0.173. The van der Waals surface area contributed by atoms with Crippen LogP contribution in [0.1, 0.15) is 24.8 Å². The summed E-state index contributed by atoms with van der Waals surface area (Å²) in [6.07, 6.45) is 2.13. The number of hydrogen-bond acceptors (Lipinski definition) is 2. The van der Waals surface area contributed by atoms with Crippen LogP contribution in [0, 0.1) is 6.92 Å². The minimum atomic E-state index is -0.256. The van der Waals surface area contributed by atoms with Gasteiger partial charge in [-0.15, -0.1) is 0 Å². The number of hydrogen-bond donors (Lipinski definition) is 0. The molecule has 0 spiro atoms. The first-order valence-electron chi connectivity index (χ1n) is 6.95. The molecule has 0 saturated carbocycles. The van der Waals surface area contributed by atoms with Crippen molar-refractivity contribution in [1.29, 1.82) is 0 Å². The molecule has 2 aliphatic heterocycles. The highest BCUT2D eigenvalue weighted by Crippen LogP contribution is 2.29. The molecule has 5 heteroatoms. The van der Waals surface area contributed by atoms with Crippen LogP contribution in [0.5, 0.6) is 0 Å². The molecule has 2 heterocycles. The maximum absolute atomic E-state index is 12.7. The molecule has 20 heavy (non-hydrogen) atoms. The lowest BCUT2D eigenvalue weighted by atomic mass is 10.1. The molecule has 1 atom stereocenters. The highest BCUT2D eigenvalue weighted by molar-refractivity contribution is 9.10. The fraction of sp³-hybridized carbons (Fsp3) is 0.467. The molecular weight excluding hydrogens is 320 g/mol. The lowest BCUT2D eigenvalue weighted by Gasteiger charge is -2.25. The van der Waals surface area contributed by atoms with E-state index >= 15 is 0 Å². The average molecular weight is 337 g/mol. The lowest BCUT2D eigenvalue weighted by molar-refractivity contribution is -0.135. The number of aryl methyl sites for hydroxylation is 1. The summed E-state index contributed by atoms with van der Waals surface area (Å²) in [4.78, 5) is 28.3. The van der Waals surface area contributed by atoms with E-state index in [-0.39, 0.29) is 17.9 Å². The Morgan fingerprint density at radius 1 is 1.25 bits per heavy atom. The average Bonchev–Trinajstić information content (AvgIpc) is 2.87. The molecule has 0 bridgehead atoms. The Kier molecular flexibility index (Phi) is 3.54. The Morgan fingerprint density at radius 3 is 2.80 bits per heavy atom. The molecule has 1 unspecified atom stereocenters. The van der Waals surface area contributed by atoms with Gasteiger partial charge in [-0.2, -0.15) is 0 Å². The maximum Gasteiger partial charge on any atom is 0.249 e. The molecule has 2 amide bonds. The van der Waals surface area contributed by atoms with E-state index in [1.165, 1.54) is 0 Å². The van der Waals surface area contributed by atoms with Crippen LogP contribution in [0.2, 0.25) is 0 Å². The molecule has 106 valence electrons. The van der Waals surface area contributed by atoms with Crippen molar-refractivity contribution in [1.82, 2.24) is 4.90 Å². The number of benzene rings is 1. The molecule has 2 saturated heterocycles. The van der Waals surface area contributed by atoms with Crippen LogP contribution in [-0.4, -0.2) is 35.8 Å². The standard InChI is InChI=1S/C15H17BrN2O2/c1-10-9-11(4-5-12(10)16)17-8-6-14(19)18-7-2-3-13(18)15(17)20/h4-5,9,13H,2-3,6-8H2,1H3. The second-order valence-corrected chi connectivity index (χ2v) is 6.27. The molecule has 1 aromatic rings. The summed E-state index contributed by atoms with van der Waals surface area (Å²) in [6, 6.07) is 5.63. The van der Waals surface area contributed by atoms with Crippen molar-refractivity contribution in [3.63, 3.8) is 0 Å². The zero-order valence-electron chi connectivity index (χ0n) is 11.4. The molecular formula is C15H17BrN2O2. The van der Waals surface area contributed by atoms with Crippen LogP contribution in [0.25, 0.3) is 0 Å². The first-order valence-corrected chi connectivity index (χ1v) is 7.74. The molecule has 4 nitrogen and oxygen atoms in total. The van der Waals surface area contributed by atoms with Crippen molar-refractivity contribution in [3.8, 4) is 0 Å². The Labute approximate surface area is 126 Å². The minimum Gasteiger partial charge on any atom is -0.331 e. The van der Waals surface area contributed by atoms with Gasteiger partial charge in [0.1, 0.15) is 6.04 Å². The second-order valence-electron chi connectivity index (χ2n) is 5.42. The maximum atomic E-state index is 12.7. The Bertz CT molecular complexity index is 573. The molecule has 0 radical (unpaired) electrons. The minimum absolute atomic E-state index is 0.0649. The number of anilines is 1. The predicted octanol–water partition coefficient (Wildman–Crippen LogP) is 2.49. The van der Waals surface area contributed by atoms with Gasteiger partial charge in [0, 0.05) is 29.7 Å². The molecule has 1 aromatic carbocycles. The van der Waals surface area contributed by atoms with Crippen molar-refractivity contribution in [2.45, 2.75) is 32.2 Å². The van der Waals surface area contributed by atoms with E-state index in [1.807, 2.05) is 25.1 Å². The first kappa shape index (κ1) is 13.6. The number of amides is 2. The van der Waals surface area contributed by atoms with Gasteiger partial charge in [-0.25, -0.2) is 0 Å². The van der Waals surface area contributed by atoms with Gasteiger partial charge in [0.25, 0.3) is 0 Å². The van der Waals surface area contributed by atoms with E-state index in [0.29, 0.717) is 13.0 Å². The zero-order valence-corrected chi connectivity index (χ0v) is 13.0. The number of halogens is 1. The summed E-state index contributed by atoms with van der Waals surface area (Å²) in [5, 5.41) is 0. The number of fused-ring (bicyclic) bond motifs is 1. The van der Waals surface area contributed by atoms with Gasteiger partial charge in [-0.05, 0) is 43.5 Å². The molecule has 3 rings (SSSR count). The highest BCUT2D eigenvalue weighted by atomic mass is 79.9. The van der Waals surface area contributed by atoms with Crippen molar-refractivity contribution in [2.75, 3.05) is 18.0 Å². The van der Waals surface area contributed by atoms with Gasteiger partial charge in [-0.3, -0.25) is 9.59 Å². The molecule has 2 aliphatic rings. The van der Waals surface area contributed by atoms with Crippen LogP contribution in [0.4, 0.5) is 5.69 Å². The largest absolute Gasteiger partial charge is 0.331 e. The quantitative estimate of drug-likeness (QED) is 0.790. The van der Waals surface area contributed by atoms with E-state index in [4.69, 9.17) is 0 Å². The SMILES string of the molecule is Cc1cc(N2CCC(=O)N3CCCC3C2=O)ccc1Br. The smallest absolute Gasteiger partial charge is 0.249 e. The van der Waals surface area contributed by atoms with Crippen LogP contribution in [0.3, 0.4) is 0 Å². The molecule has 0 aliphatic carbocycles. The highest BCUT2D eigenvalue weighted by Gasteiger charge is 2.39. The monoisotopic (exact) mass is 336 g/mol.